The van der Waals surface area contributed by atoms with E-state index in [9.17, 15) is 0 Å². The molecular formula is C18H24N4O. The van der Waals surface area contributed by atoms with Crippen LogP contribution in [0.3, 0.4) is 0 Å². The van der Waals surface area contributed by atoms with Gasteiger partial charge in [0.05, 0.1) is 19.0 Å². The van der Waals surface area contributed by atoms with E-state index >= 15 is 0 Å². The van der Waals surface area contributed by atoms with E-state index < -0.39 is 0 Å². The average Bonchev–Trinajstić information content (AvgIpc) is 3.19. The first kappa shape index (κ1) is 14.5. The van der Waals surface area contributed by atoms with Crippen molar-refractivity contribution in [3.63, 3.8) is 0 Å². The highest BCUT2D eigenvalue weighted by Gasteiger charge is 2.26. The summed E-state index contributed by atoms with van der Waals surface area (Å²) in [7, 11) is 1.95. The molecule has 5 heteroatoms. The third-order valence-corrected chi connectivity index (χ3v) is 5.08. The first-order valence-corrected chi connectivity index (χ1v) is 8.65. The summed E-state index contributed by atoms with van der Waals surface area (Å²) < 4.78 is 7.90. The summed E-state index contributed by atoms with van der Waals surface area (Å²) in [5, 5.41) is 7.68. The van der Waals surface area contributed by atoms with Gasteiger partial charge in [-0.25, -0.2) is 4.98 Å². The summed E-state index contributed by atoms with van der Waals surface area (Å²) in [6.07, 6.45) is 12.6. The van der Waals surface area contributed by atoms with Crippen LogP contribution in [0.5, 0.6) is 5.75 Å². The van der Waals surface area contributed by atoms with Crippen LogP contribution in [0.4, 0.5) is 5.82 Å². The van der Waals surface area contributed by atoms with E-state index in [0.717, 1.165) is 24.7 Å². The maximum absolute atomic E-state index is 6.05. The van der Waals surface area contributed by atoms with Gasteiger partial charge in [0.2, 0.25) is 0 Å². The van der Waals surface area contributed by atoms with Gasteiger partial charge in [0.1, 0.15) is 11.6 Å². The van der Waals surface area contributed by atoms with Gasteiger partial charge in [-0.1, -0.05) is 19.3 Å². The van der Waals surface area contributed by atoms with Gasteiger partial charge in [0, 0.05) is 31.3 Å². The molecule has 0 amide bonds. The predicted octanol–water partition coefficient (Wildman–Crippen LogP) is 3.33. The number of anilines is 1. The Morgan fingerprint density at radius 3 is 2.91 bits per heavy atom. The molecule has 122 valence electrons. The summed E-state index contributed by atoms with van der Waals surface area (Å²) in [6, 6.07) is 2.16. The molecule has 1 saturated carbocycles. The minimum absolute atomic E-state index is 0.310. The number of hydrogen-bond donors (Lipinski definition) is 1. The van der Waals surface area contributed by atoms with Gasteiger partial charge in [0.25, 0.3) is 0 Å². The fourth-order valence-electron chi connectivity index (χ4n) is 3.75. The molecule has 2 aromatic rings. The molecular weight excluding hydrogens is 288 g/mol. The van der Waals surface area contributed by atoms with Gasteiger partial charge >= 0.3 is 0 Å². The Bertz CT molecular complexity index is 675. The number of nitrogens with one attached hydrogen (secondary N) is 1. The van der Waals surface area contributed by atoms with Gasteiger partial charge in [0.15, 0.2) is 0 Å². The molecule has 0 spiro atoms. The molecule has 23 heavy (non-hydrogen) atoms. The lowest BCUT2D eigenvalue weighted by atomic mass is 9.90. The molecule has 1 aliphatic carbocycles. The van der Waals surface area contributed by atoms with Crippen molar-refractivity contribution in [1.29, 1.82) is 0 Å². The van der Waals surface area contributed by atoms with Crippen molar-refractivity contribution < 1.29 is 4.74 Å². The lowest BCUT2D eigenvalue weighted by molar-refractivity contribution is 0.208. The second kappa shape index (κ2) is 6.22. The SMILES string of the molecule is Cn1cc(C2CNc3ncc(OCC4CCCCC4)cc32)cn1. The molecule has 0 saturated heterocycles. The fraction of sp³-hybridized carbons (Fsp3) is 0.556. The summed E-state index contributed by atoms with van der Waals surface area (Å²) in [6.45, 7) is 1.70. The van der Waals surface area contributed by atoms with Crippen molar-refractivity contribution >= 4 is 5.82 Å². The topological polar surface area (TPSA) is 52.0 Å². The zero-order valence-electron chi connectivity index (χ0n) is 13.7. The molecule has 1 unspecified atom stereocenters. The Labute approximate surface area is 137 Å². The zero-order valence-corrected chi connectivity index (χ0v) is 13.7. The van der Waals surface area contributed by atoms with Gasteiger partial charge in [-0.3, -0.25) is 4.68 Å². The smallest absolute Gasteiger partial charge is 0.138 e. The molecule has 0 aromatic carbocycles. The highest BCUT2D eigenvalue weighted by Crippen LogP contribution is 2.36. The van der Waals surface area contributed by atoms with E-state index in [-0.39, 0.29) is 0 Å². The molecule has 1 fully saturated rings. The predicted molar refractivity (Wildman–Crippen MR) is 89.8 cm³/mol. The average molecular weight is 312 g/mol. The van der Waals surface area contributed by atoms with Gasteiger partial charge < -0.3 is 10.1 Å². The van der Waals surface area contributed by atoms with Crippen LogP contribution in [-0.2, 0) is 7.05 Å². The fourth-order valence-corrected chi connectivity index (χ4v) is 3.75. The van der Waals surface area contributed by atoms with E-state index in [1.807, 2.05) is 24.1 Å². The van der Waals surface area contributed by atoms with Crippen LogP contribution in [0.15, 0.2) is 24.7 Å². The number of fused-ring (bicyclic) bond motifs is 1. The standard InChI is InChI=1S/C18H24N4O/c1-22-11-14(8-21-22)17-10-20-18-16(17)7-15(9-19-18)23-12-13-5-3-2-4-6-13/h7-9,11,13,17H,2-6,10,12H2,1H3,(H,19,20). The molecule has 0 bridgehead atoms. The largest absolute Gasteiger partial charge is 0.492 e. The van der Waals surface area contributed by atoms with Crippen LogP contribution in [0.2, 0.25) is 0 Å². The summed E-state index contributed by atoms with van der Waals surface area (Å²) in [5.41, 5.74) is 2.45. The van der Waals surface area contributed by atoms with Gasteiger partial charge in [-0.05, 0) is 30.4 Å². The van der Waals surface area contributed by atoms with E-state index in [0.29, 0.717) is 11.8 Å². The lowest BCUT2D eigenvalue weighted by Crippen LogP contribution is -2.15. The quantitative estimate of drug-likeness (QED) is 0.941. The normalized spacial score (nSPS) is 21.0. The summed E-state index contributed by atoms with van der Waals surface area (Å²) in [4.78, 5) is 4.54. The zero-order chi connectivity index (χ0) is 15.6. The third kappa shape index (κ3) is 3.05. The second-order valence-electron chi connectivity index (χ2n) is 6.80. The van der Waals surface area contributed by atoms with Crippen LogP contribution in [0.25, 0.3) is 0 Å². The first-order chi connectivity index (χ1) is 11.3. The Hall–Kier alpha value is -2.04. The maximum Gasteiger partial charge on any atom is 0.138 e. The molecule has 0 radical (unpaired) electrons. The number of nitrogens with zero attached hydrogens (tertiary/aromatic N) is 3. The van der Waals surface area contributed by atoms with Crippen molar-refractivity contribution in [3.05, 3.63) is 35.8 Å². The molecule has 1 atom stereocenters. The Morgan fingerprint density at radius 1 is 1.26 bits per heavy atom. The van der Waals surface area contributed by atoms with E-state index in [1.54, 1.807) is 0 Å². The van der Waals surface area contributed by atoms with Gasteiger partial charge in [-0.2, -0.15) is 5.10 Å². The number of aryl methyl sites for hydroxylation is 1. The van der Waals surface area contributed by atoms with Crippen molar-refractivity contribution in [2.24, 2.45) is 13.0 Å². The molecule has 1 N–H and O–H groups in total. The number of aromatic nitrogens is 3. The molecule has 3 heterocycles. The van der Waals surface area contributed by atoms with E-state index in [1.165, 1.54) is 43.2 Å². The van der Waals surface area contributed by atoms with Crippen molar-refractivity contribution in [2.45, 2.75) is 38.0 Å². The van der Waals surface area contributed by atoms with Crippen LogP contribution >= 0.6 is 0 Å². The molecule has 2 aliphatic rings. The molecule has 4 rings (SSSR count). The number of ether oxygens (including phenoxy) is 1. The van der Waals surface area contributed by atoms with Crippen molar-refractivity contribution in [2.75, 3.05) is 18.5 Å². The first-order valence-electron chi connectivity index (χ1n) is 8.65. The highest BCUT2D eigenvalue weighted by atomic mass is 16.5. The number of pyridine rings is 1. The number of hydrogen-bond acceptors (Lipinski definition) is 4. The van der Waals surface area contributed by atoms with Crippen molar-refractivity contribution in [3.8, 4) is 5.75 Å². The molecule has 1 aliphatic heterocycles. The lowest BCUT2D eigenvalue weighted by Gasteiger charge is -2.21. The summed E-state index contributed by atoms with van der Waals surface area (Å²) >= 11 is 0. The molecule has 2 aromatic heterocycles. The van der Waals surface area contributed by atoms with Crippen molar-refractivity contribution in [1.82, 2.24) is 14.8 Å². The second-order valence-corrected chi connectivity index (χ2v) is 6.80. The Kier molecular flexibility index (Phi) is 3.93. The van der Waals surface area contributed by atoms with Crippen LogP contribution in [-0.4, -0.2) is 27.9 Å². The monoisotopic (exact) mass is 312 g/mol. The van der Waals surface area contributed by atoms with Gasteiger partial charge in [-0.15, -0.1) is 0 Å². The maximum atomic E-state index is 6.05. The Balaban J connectivity index is 1.48. The minimum Gasteiger partial charge on any atom is -0.492 e. The Morgan fingerprint density at radius 2 is 2.13 bits per heavy atom. The van der Waals surface area contributed by atoms with E-state index in [2.05, 4.69) is 27.7 Å². The minimum atomic E-state index is 0.310. The van der Waals surface area contributed by atoms with E-state index in [4.69, 9.17) is 4.74 Å². The van der Waals surface area contributed by atoms with Crippen LogP contribution < -0.4 is 10.1 Å². The highest BCUT2D eigenvalue weighted by molar-refractivity contribution is 5.57. The van der Waals surface area contributed by atoms with Crippen LogP contribution in [0.1, 0.15) is 49.1 Å². The summed E-state index contributed by atoms with van der Waals surface area (Å²) in [5.74, 6) is 2.89. The van der Waals surface area contributed by atoms with Crippen LogP contribution in [0, 0.1) is 5.92 Å². The molecule has 5 nitrogen and oxygen atoms in total. The number of rotatable bonds is 4. The third-order valence-electron chi connectivity index (χ3n) is 5.08.